The molecule has 0 radical (unpaired) electrons. The van der Waals surface area contributed by atoms with Gasteiger partial charge in [0, 0.05) is 41.0 Å². The number of hydrogen-bond donors (Lipinski definition) is 1. The van der Waals surface area contributed by atoms with Crippen LogP contribution in [0.2, 0.25) is 5.02 Å². The lowest BCUT2D eigenvalue weighted by Crippen LogP contribution is -2.30. The minimum absolute atomic E-state index is 0.167. The zero-order valence-electron chi connectivity index (χ0n) is 19.5. The second kappa shape index (κ2) is 11.0. The van der Waals surface area contributed by atoms with Crippen molar-refractivity contribution < 1.29 is 9.47 Å². The molecule has 0 bridgehead atoms. The van der Waals surface area contributed by atoms with Crippen molar-refractivity contribution in [2.75, 3.05) is 25.2 Å². The summed E-state index contributed by atoms with van der Waals surface area (Å²) in [4.78, 5) is 6.75. The van der Waals surface area contributed by atoms with E-state index in [9.17, 15) is 0 Å². The number of anilines is 1. The van der Waals surface area contributed by atoms with E-state index in [4.69, 9.17) is 33.3 Å². The normalized spacial score (nSPS) is 17.3. The molecule has 1 aliphatic rings. The Balaban J connectivity index is 1.58. The fourth-order valence-electron chi connectivity index (χ4n) is 4.40. The van der Waals surface area contributed by atoms with Crippen molar-refractivity contribution in [3.63, 3.8) is 0 Å². The number of benzene rings is 2. The summed E-state index contributed by atoms with van der Waals surface area (Å²) in [5.74, 6) is 0.603. The third kappa shape index (κ3) is 4.99. The predicted molar refractivity (Wildman–Crippen MR) is 150 cm³/mol. The smallest absolute Gasteiger partial charge is 0.174 e. The van der Waals surface area contributed by atoms with Gasteiger partial charge >= 0.3 is 0 Å². The first-order valence-corrected chi connectivity index (χ1v) is 13.0. The molecule has 1 aliphatic heterocycles. The van der Waals surface area contributed by atoms with E-state index in [0.29, 0.717) is 29.1 Å². The van der Waals surface area contributed by atoms with Crippen LogP contribution < -0.4 is 15.0 Å². The molecule has 184 valence electrons. The average molecular weight is 584 g/mol. The maximum absolute atomic E-state index is 6.62. The van der Waals surface area contributed by atoms with Crippen LogP contribution in [0.25, 0.3) is 5.69 Å². The molecule has 0 aliphatic carbocycles. The van der Waals surface area contributed by atoms with Gasteiger partial charge in [0.15, 0.2) is 5.11 Å². The quantitative estimate of drug-likeness (QED) is 0.189. The maximum atomic E-state index is 6.62. The van der Waals surface area contributed by atoms with Crippen molar-refractivity contribution in [2.45, 2.75) is 12.1 Å². The minimum Gasteiger partial charge on any atom is -0.490 e. The Morgan fingerprint density at radius 3 is 2.56 bits per heavy atom. The van der Waals surface area contributed by atoms with E-state index in [0.717, 1.165) is 27.2 Å². The summed E-state index contributed by atoms with van der Waals surface area (Å²) in [5.41, 5.74) is 3.89. The molecule has 3 heterocycles. The number of rotatable bonds is 8. The number of thiocarbonyl (C=S) groups is 1. The summed E-state index contributed by atoms with van der Waals surface area (Å²) in [7, 11) is 1.64. The first-order valence-electron chi connectivity index (χ1n) is 11.4. The number of halogens is 2. The van der Waals surface area contributed by atoms with Crippen molar-refractivity contribution >= 4 is 50.5 Å². The van der Waals surface area contributed by atoms with E-state index in [1.165, 1.54) is 0 Å². The first kappa shape index (κ1) is 24.8. The number of nitrogens with zero attached hydrogens (tertiary/aromatic N) is 3. The summed E-state index contributed by atoms with van der Waals surface area (Å²) < 4.78 is 14.0. The third-order valence-electron chi connectivity index (χ3n) is 6.02. The lowest BCUT2D eigenvalue weighted by atomic mass is 10.0. The predicted octanol–water partition coefficient (Wildman–Crippen LogP) is 6.49. The Hall–Kier alpha value is -2.91. The molecule has 4 aromatic rings. The Labute approximate surface area is 228 Å². The standard InChI is InChI=1S/C27H24BrClN4O2S/c1-34-15-16-35-24-12-11-20(17-21(24)29)33-26(25(31-27(33)36)22-5-2-3-13-30-22)23-6-4-14-32(23)19-9-7-18(28)8-10-19/h2-14,17,25-26H,15-16H2,1H3,(H,31,36)/t25-,26+/m1/s1. The molecular weight excluding hydrogens is 560 g/mol. The number of nitrogens with one attached hydrogen (secondary N) is 1. The van der Waals surface area contributed by atoms with Crippen molar-refractivity contribution in [1.82, 2.24) is 14.9 Å². The molecule has 9 heteroatoms. The van der Waals surface area contributed by atoms with Crippen molar-refractivity contribution in [2.24, 2.45) is 0 Å². The fourth-order valence-corrected chi connectivity index (χ4v) is 5.24. The molecule has 5 rings (SSSR count). The number of hydrogen-bond acceptors (Lipinski definition) is 4. The second-order valence-electron chi connectivity index (χ2n) is 8.23. The number of ether oxygens (including phenoxy) is 2. The highest BCUT2D eigenvalue weighted by molar-refractivity contribution is 9.10. The summed E-state index contributed by atoms with van der Waals surface area (Å²) in [6.45, 7) is 0.906. The van der Waals surface area contributed by atoms with Crippen molar-refractivity contribution in [1.29, 1.82) is 0 Å². The van der Waals surface area contributed by atoms with E-state index in [1.807, 2.05) is 54.6 Å². The van der Waals surface area contributed by atoms with Crippen LogP contribution in [-0.4, -0.2) is 35.0 Å². The summed E-state index contributed by atoms with van der Waals surface area (Å²) in [6, 6.07) is 23.7. The van der Waals surface area contributed by atoms with Crippen molar-refractivity contribution in [3.05, 3.63) is 106 Å². The molecule has 1 N–H and O–H groups in total. The van der Waals surface area contributed by atoms with Gasteiger partial charge in [0.2, 0.25) is 0 Å². The average Bonchev–Trinajstić information content (AvgIpc) is 3.50. The van der Waals surface area contributed by atoms with Gasteiger partial charge in [0.25, 0.3) is 0 Å². The Morgan fingerprint density at radius 2 is 1.83 bits per heavy atom. The molecule has 2 atom stereocenters. The van der Waals surface area contributed by atoms with Gasteiger partial charge in [-0.1, -0.05) is 33.6 Å². The van der Waals surface area contributed by atoms with Crippen LogP contribution in [0.5, 0.6) is 5.75 Å². The lowest BCUT2D eigenvalue weighted by molar-refractivity contribution is 0.146. The summed E-state index contributed by atoms with van der Waals surface area (Å²) in [6.07, 6.45) is 3.86. The highest BCUT2D eigenvalue weighted by atomic mass is 79.9. The van der Waals surface area contributed by atoms with Gasteiger partial charge in [-0.2, -0.15) is 0 Å². The monoisotopic (exact) mass is 582 g/mol. The molecule has 0 saturated carbocycles. The Morgan fingerprint density at radius 1 is 1.03 bits per heavy atom. The van der Waals surface area contributed by atoms with Crippen LogP contribution in [0, 0.1) is 0 Å². The summed E-state index contributed by atoms with van der Waals surface area (Å²) >= 11 is 16.0. The fraction of sp³-hybridized carbons (Fsp3) is 0.185. The van der Waals surface area contributed by atoms with Gasteiger partial charge in [-0.25, -0.2) is 0 Å². The summed E-state index contributed by atoms with van der Waals surface area (Å²) in [5, 5.41) is 4.61. The van der Waals surface area contributed by atoms with Crippen LogP contribution in [0.15, 0.2) is 89.7 Å². The molecule has 6 nitrogen and oxygen atoms in total. The Bertz CT molecular complexity index is 1350. The van der Waals surface area contributed by atoms with Crippen LogP contribution in [-0.2, 0) is 4.74 Å². The van der Waals surface area contributed by atoms with Gasteiger partial charge in [0.05, 0.1) is 23.4 Å². The lowest BCUT2D eigenvalue weighted by Gasteiger charge is -2.29. The second-order valence-corrected chi connectivity index (χ2v) is 9.94. The van der Waals surface area contributed by atoms with Crippen LogP contribution in [0.3, 0.4) is 0 Å². The van der Waals surface area contributed by atoms with Gasteiger partial charge in [-0.3, -0.25) is 4.98 Å². The molecular formula is C27H24BrClN4O2S. The molecule has 0 unspecified atom stereocenters. The number of pyridine rings is 1. The van der Waals surface area contributed by atoms with Crippen LogP contribution in [0.4, 0.5) is 5.69 Å². The number of aromatic nitrogens is 2. The van der Waals surface area contributed by atoms with E-state index >= 15 is 0 Å². The molecule has 36 heavy (non-hydrogen) atoms. The van der Waals surface area contributed by atoms with Gasteiger partial charge in [0.1, 0.15) is 18.4 Å². The van der Waals surface area contributed by atoms with Gasteiger partial charge in [-0.05, 0) is 78.9 Å². The molecule has 0 spiro atoms. The third-order valence-corrected chi connectivity index (χ3v) is 7.16. The molecule has 2 aromatic carbocycles. The SMILES string of the molecule is COCCOc1ccc(N2C(=S)N[C@H](c3ccccn3)[C@@H]2c2cccn2-c2ccc(Br)cc2)cc1Cl. The molecule has 1 saturated heterocycles. The largest absolute Gasteiger partial charge is 0.490 e. The zero-order chi connectivity index (χ0) is 25.1. The molecule has 1 fully saturated rings. The van der Waals surface area contributed by atoms with Gasteiger partial charge < -0.3 is 24.3 Å². The molecule has 0 amide bonds. The number of methoxy groups -OCH3 is 1. The van der Waals surface area contributed by atoms with E-state index in [-0.39, 0.29) is 12.1 Å². The topological polar surface area (TPSA) is 51.6 Å². The van der Waals surface area contributed by atoms with E-state index in [1.54, 1.807) is 13.3 Å². The zero-order valence-corrected chi connectivity index (χ0v) is 22.6. The van der Waals surface area contributed by atoms with Crippen LogP contribution in [0.1, 0.15) is 23.5 Å². The molecule has 2 aromatic heterocycles. The Kier molecular flexibility index (Phi) is 7.57. The maximum Gasteiger partial charge on any atom is 0.174 e. The van der Waals surface area contributed by atoms with Gasteiger partial charge in [-0.15, -0.1) is 0 Å². The van der Waals surface area contributed by atoms with E-state index in [2.05, 4.69) is 60.1 Å². The van der Waals surface area contributed by atoms with Crippen LogP contribution >= 0.6 is 39.7 Å². The highest BCUT2D eigenvalue weighted by Crippen LogP contribution is 2.43. The van der Waals surface area contributed by atoms with Crippen molar-refractivity contribution in [3.8, 4) is 11.4 Å². The first-order chi connectivity index (χ1) is 17.6. The van der Waals surface area contributed by atoms with E-state index < -0.39 is 0 Å². The highest BCUT2D eigenvalue weighted by Gasteiger charge is 2.42. The minimum atomic E-state index is -0.178.